The highest BCUT2D eigenvalue weighted by Gasteiger charge is 2.49. The highest BCUT2D eigenvalue weighted by Crippen LogP contribution is 2.47. The smallest absolute Gasteiger partial charge is 0.321 e. The monoisotopic (exact) mass is 423 g/mol. The highest BCUT2D eigenvalue weighted by molar-refractivity contribution is 6.30. The molecule has 2 N–H and O–H groups in total. The van der Waals surface area contributed by atoms with Gasteiger partial charge in [0.15, 0.2) is 0 Å². The van der Waals surface area contributed by atoms with Crippen molar-refractivity contribution >= 4 is 29.2 Å². The van der Waals surface area contributed by atoms with E-state index in [1.807, 2.05) is 12.1 Å². The van der Waals surface area contributed by atoms with Gasteiger partial charge in [-0.3, -0.25) is 4.79 Å². The third-order valence-electron chi connectivity index (χ3n) is 5.25. The molecule has 28 heavy (non-hydrogen) atoms. The van der Waals surface area contributed by atoms with Gasteiger partial charge in [0.25, 0.3) is 0 Å². The van der Waals surface area contributed by atoms with Crippen molar-refractivity contribution < 1.29 is 14.3 Å². The summed E-state index contributed by atoms with van der Waals surface area (Å²) in [6.45, 7) is 6.28. The minimum Gasteiger partial charge on any atom is -0.480 e. The van der Waals surface area contributed by atoms with Gasteiger partial charge in [-0.2, -0.15) is 0 Å². The fourth-order valence-electron chi connectivity index (χ4n) is 4.23. The van der Waals surface area contributed by atoms with E-state index in [1.165, 1.54) is 6.07 Å². The molecule has 1 heterocycles. The lowest BCUT2D eigenvalue weighted by Gasteiger charge is -2.30. The van der Waals surface area contributed by atoms with E-state index in [1.54, 1.807) is 24.3 Å². The van der Waals surface area contributed by atoms with E-state index >= 15 is 0 Å². The zero-order chi connectivity index (χ0) is 20.6. The number of carbonyl (C=O) groups is 1. The van der Waals surface area contributed by atoms with E-state index in [9.17, 15) is 14.3 Å². The van der Waals surface area contributed by atoms with E-state index in [0.29, 0.717) is 22.0 Å². The number of hydrogen-bond donors (Lipinski definition) is 2. The van der Waals surface area contributed by atoms with Gasteiger partial charge in [-0.25, -0.2) is 4.39 Å². The normalized spacial score (nSPS) is 25.1. The second-order valence-electron chi connectivity index (χ2n) is 8.62. The third-order valence-corrected chi connectivity index (χ3v) is 5.74. The van der Waals surface area contributed by atoms with Crippen molar-refractivity contribution in [3.05, 3.63) is 69.5 Å². The molecule has 0 amide bonds. The number of rotatable bonds is 4. The van der Waals surface area contributed by atoms with Crippen LogP contribution in [-0.2, 0) is 4.79 Å². The maximum absolute atomic E-state index is 14.9. The average Bonchev–Trinajstić information content (AvgIpc) is 2.93. The summed E-state index contributed by atoms with van der Waals surface area (Å²) in [5.41, 5.74) is 1.24. The first kappa shape index (κ1) is 21.1. The summed E-state index contributed by atoms with van der Waals surface area (Å²) in [6.07, 6.45) is 0.702. The Kier molecular flexibility index (Phi) is 6.04. The Balaban J connectivity index is 2.14. The van der Waals surface area contributed by atoms with Gasteiger partial charge < -0.3 is 10.4 Å². The van der Waals surface area contributed by atoms with Gasteiger partial charge in [0.05, 0.1) is 0 Å². The van der Waals surface area contributed by atoms with Crippen molar-refractivity contribution in [1.82, 2.24) is 5.32 Å². The summed E-state index contributed by atoms with van der Waals surface area (Å²) >= 11 is 12.0. The molecule has 4 atom stereocenters. The van der Waals surface area contributed by atoms with E-state index < -0.39 is 23.7 Å². The molecule has 3 nitrogen and oxygen atoms in total. The topological polar surface area (TPSA) is 49.3 Å². The molecule has 150 valence electrons. The second-order valence-corrected chi connectivity index (χ2v) is 9.50. The molecule has 0 spiro atoms. The zero-order valence-corrected chi connectivity index (χ0v) is 17.6. The molecule has 0 saturated carbocycles. The first-order valence-corrected chi connectivity index (χ1v) is 10.0. The Labute approximate surface area is 174 Å². The van der Waals surface area contributed by atoms with E-state index in [2.05, 4.69) is 26.1 Å². The first-order chi connectivity index (χ1) is 13.1. The van der Waals surface area contributed by atoms with Crippen molar-refractivity contribution in [2.45, 2.75) is 51.1 Å². The van der Waals surface area contributed by atoms with Crippen LogP contribution in [0.4, 0.5) is 4.39 Å². The first-order valence-electron chi connectivity index (χ1n) is 9.26. The van der Waals surface area contributed by atoms with Crippen molar-refractivity contribution in [2.75, 3.05) is 0 Å². The van der Waals surface area contributed by atoms with Gasteiger partial charge >= 0.3 is 5.97 Å². The fourth-order valence-corrected chi connectivity index (χ4v) is 4.52. The Bertz CT molecular complexity index is 864. The Morgan fingerprint density at radius 3 is 2.21 bits per heavy atom. The molecule has 0 radical (unpaired) electrons. The summed E-state index contributed by atoms with van der Waals surface area (Å²) in [6, 6.07) is 10.7. The molecule has 0 bridgehead atoms. The van der Waals surface area contributed by atoms with Gasteiger partial charge in [0.1, 0.15) is 11.9 Å². The molecular weight excluding hydrogens is 400 g/mol. The second kappa shape index (κ2) is 8.02. The van der Waals surface area contributed by atoms with E-state index in [-0.39, 0.29) is 17.4 Å². The average molecular weight is 424 g/mol. The Hall–Kier alpha value is -1.62. The van der Waals surface area contributed by atoms with Crippen LogP contribution in [0.3, 0.4) is 0 Å². The maximum atomic E-state index is 14.9. The molecule has 4 unspecified atom stereocenters. The lowest BCUT2D eigenvalue weighted by molar-refractivity contribution is -0.139. The van der Waals surface area contributed by atoms with Crippen molar-refractivity contribution in [1.29, 1.82) is 0 Å². The molecule has 1 aliphatic rings. The van der Waals surface area contributed by atoms with Crippen LogP contribution in [0.1, 0.15) is 50.2 Å². The van der Waals surface area contributed by atoms with Crippen LogP contribution in [0.25, 0.3) is 0 Å². The molecule has 2 aromatic carbocycles. The Morgan fingerprint density at radius 2 is 1.68 bits per heavy atom. The molecule has 0 aliphatic carbocycles. The lowest BCUT2D eigenvalue weighted by Crippen LogP contribution is -2.39. The third kappa shape index (κ3) is 4.51. The summed E-state index contributed by atoms with van der Waals surface area (Å²) in [5, 5.41) is 14.0. The molecule has 1 fully saturated rings. The van der Waals surface area contributed by atoms with Crippen LogP contribution >= 0.6 is 23.2 Å². The molecule has 0 aromatic heterocycles. The van der Waals surface area contributed by atoms with Gasteiger partial charge in [-0.05, 0) is 47.2 Å². The van der Waals surface area contributed by atoms with Crippen LogP contribution in [0.15, 0.2) is 42.5 Å². The number of benzene rings is 2. The molecule has 1 saturated heterocycles. The van der Waals surface area contributed by atoms with Gasteiger partial charge in [0, 0.05) is 27.9 Å². The van der Waals surface area contributed by atoms with Gasteiger partial charge in [-0.1, -0.05) is 62.2 Å². The SMILES string of the molecule is CC(C)(C)CC1NC(C(=O)O)C(c2ccc(Cl)cc2)C1c1ccc(Cl)cc1F. The Morgan fingerprint density at radius 1 is 1.07 bits per heavy atom. The molecule has 3 rings (SSSR count). The van der Waals surface area contributed by atoms with Gasteiger partial charge in [0.2, 0.25) is 0 Å². The van der Waals surface area contributed by atoms with Crippen LogP contribution in [0.2, 0.25) is 10.0 Å². The van der Waals surface area contributed by atoms with Crippen LogP contribution in [0, 0.1) is 11.2 Å². The van der Waals surface area contributed by atoms with Gasteiger partial charge in [-0.15, -0.1) is 0 Å². The van der Waals surface area contributed by atoms with Crippen molar-refractivity contribution in [3.63, 3.8) is 0 Å². The number of nitrogens with one attached hydrogen (secondary N) is 1. The quantitative estimate of drug-likeness (QED) is 0.646. The highest BCUT2D eigenvalue weighted by atomic mass is 35.5. The van der Waals surface area contributed by atoms with E-state index in [0.717, 1.165) is 5.56 Å². The van der Waals surface area contributed by atoms with Crippen LogP contribution in [-0.4, -0.2) is 23.2 Å². The lowest BCUT2D eigenvalue weighted by atomic mass is 9.74. The molecule has 1 aliphatic heterocycles. The van der Waals surface area contributed by atoms with Crippen LogP contribution in [0.5, 0.6) is 0 Å². The molecular formula is C22H24Cl2FNO2. The number of carboxylic acid groups (broad SMARTS) is 1. The number of hydrogen-bond acceptors (Lipinski definition) is 2. The minimum absolute atomic E-state index is 0.0588. The van der Waals surface area contributed by atoms with E-state index in [4.69, 9.17) is 23.2 Å². The zero-order valence-electron chi connectivity index (χ0n) is 16.0. The number of aliphatic carboxylic acids is 1. The summed E-state index contributed by atoms with van der Waals surface area (Å²) in [4.78, 5) is 12.1. The molecule has 6 heteroatoms. The maximum Gasteiger partial charge on any atom is 0.321 e. The minimum atomic E-state index is -0.948. The summed E-state index contributed by atoms with van der Waals surface area (Å²) in [7, 11) is 0. The molecule has 2 aromatic rings. The number of carboxylic acids is 1. The largest absolute Gasteiger partial charge is 0.480 e. The van der Waals surface area contributed by atoms with Crippen LogP contribution < -0.4 is 5.32 Å². The standard InChI is InChI=1S/C22H24Cl2FNO2/c1-22(2,3)11-17-19(15-9-8-14(24)10-16(15)25)18(20(26-17)21(27)28)12-4-6-13(23)7-5-12/h4-10,17-20,26H,11H2,1-3H3,(H,27,28). The fraction of sp³-hybridized carbons (Fsp3) is 0.409. The summed E-state index contributed by atoms with van der Waals surface area (Å²) < 4.78 is 14.9. The van der Waals surface area contributed by atoms with Crippen molar-refractivity contribution in [3.8, 4) is 0 Å². The number of halogens is 3. The summed E-state index contributed by atoms with van der Waals surface area (Å²) in [5.74, 6) is -2.14. The van der Waals surface area contributed by atoms with Crippen molar-refractivity contribution in [2.24, 2.45) is 5.41 Å². The predicted octanol–water partition coefficient (Wildman–Crippen LogP) is 5.86. The predicted molar refractivity (Wildman–Crippen MR) is 111 cm³/mol.